The van der Waals surface area contributed by atoms with Gasteiger partial charge in [-0.05, 0) is 41.5 Å². The number of aromatic nitrogens is 2. The number of nitrogens with zero attached hydrogens (tertiary/aromatic N) is 2. The molecule has 0 unspecified atom stereocenters. The Labute approximate surface area is 185 Å². The molecule has 0 aliphatic rings. The molecule has 0 amide bonds. The zero-order valence-electron chi connectivity index (χ0n) is 16.3. The molecule has 0 spiro atoms. The largest absolute Gasteiger partial charge is 0.269 e. The molecule has 0 N–H and O–H groups in total. The van der Waals surface area contributed by atoms with E-state index in [9.17, 15) is 8.42 Å². The predicted octanol–water partition coefficient (Wildman–Crippen LogP) is 6.25. The van der Waals surface area contributed by atoms with E-state index in [1.54, 1.807) is 42.5 Å². The molecule has 2 heterocycles. The first-order valence-electron chi connectivity index (χ1n) is 9.68. The summed E-state index contributed by atoms with van der Waals surface area (Å²) in [6.07, 6.45) is 5.53. The second kappa shape index (κ2) is 7.69. The van der Waals surface area contributed by atoms with Crippen LogP contribution in [-0.4, -0.2) is 17.4 Å². The van der Waals surface area contributed by atoms with Gasteiger partial charge >= 0.3 is 0 Å². The van der Waals surface area contributed by atoms with Crippen LogP contribution < -0.4 is 0 Å². The lowest BCUT2D eigenvalue weighted by Gasteiger charge is -2.08. The lowest BCUT2D eigenvalue weighted by atomic mass is 10.1. The van der Waals surface area contributed by atoms with E-state index in [2.05, 4.69) is 4.98 Å². The van der Waals surface area contributed by atoms with E-state index in [0.29, 0.717) is 21.6 Å². The van der Waals surface area contributed by atoms with Crippen molar-refractivity contribution in [2.45, 2.75) is 4.90 Å². The minimum atomic E-state index is -3.86. The highest BCUT2D eigenvalue weighted by Crippen LogP contribution is 2.36. The van der Waals surface area contributed by atoms with Crippen LogP contribution in [-0.2, 0) is 10.0 Å². The number of hydrogen-bond donors (Lipinski definition) is 0. The fraction of sp³-hybridized carbons (Fsp3) is 0. The maximum atomic E-state index is 13.5. The second-order valence-corrected chi connectivity index (χ2v) is 9.29. The molecule has 5 aromatic rings. The summed E-state index contributed by atoms with van der Waals surface area (Å²) >= 11 is 6.50. The van der Waals surface area contributed by atoms with Gasteiger partial charge in [0.2, 0.25) is 0 Å². The Morgan fingerprint density at radius 3 is 2.23 bits per heavy atom. The summed E-state index contributed by atoms with van der Waals surface area (Å²) < 4.78 is 28.3. The van der Waals surface area contributed by atoms with Crippen LogP contribution in [0.2, 0.25) is 5.02 Å². The standard InChI is InChI=1S/C25H17ClN2O2S/c26-22-15-16-27-25-24(22)21-17-19(12-11-18-7-3-1-4-8-18)13-14-23(21)28(25)31(29,30)20-9-5-2-6-10-20/h1-17H. The van der Waals surface area contributed by atoms with Gasteiger partial charge in [0.25, 0.3) is 10.0 Å². The van der Waals surface area contributed by atoms with Gasteiger partial charge in [0.15, 0.2) is 5.65 Å². The molecule has 3 aromatic carbocycles. The first kappa shape index (κ1) is 19.5. The van der Waals surface area contributed by atoms with Crippen LogP contribution in [0.3, 0.4) is 0 Å². The van der Waals surface area contributed by atoms with Crippen molar-refractivity contribution in [3.8, 4) is 0 Å². The average molecular weight is 445 g/mol. The molecule has 2 aromatic heterocycles. The SMILES string of the molecule is O=S(=O)(c1ccccc1)n1c2ccc(C=Cc3ccccc3)cc2c2c(Cl)ccnc21. The summed E-state index contributed by atoms with van der Waals surface area (Å²) in [4.78, 5) is 4.57. The Morgan fingerprint density at radius 2 is 1.48 bits per heavy atom. The Bertz CT molecular complexity index is 1540. The molecule has 0 aliphatic carbocycles. The van der Waals surface area contributed by atoms with Crippen LogP contribution in [0.4, 0.5) is 0 Å². The molecular weight excluding hydrogens is 428 g/mol. The van der Waals surface area contributed by atoms with Crippen molar-refractivity contribution in [3.63, 3.8) is 0 Å². The smallest absolute Gasteiger partial charge is 0.237 e. The molecule has 0 aliphatic heterocycles. The van der Waals surface area contributed by atoms with Crippen LogP contribution in [0.5, 0.6) is 0 Å². The first-order valence-corrected chi connectivity index (χ1v) is 11.5. The summed E-state index contributed by atoms with van der Waals surface area (Å²) in [5, 5.41) is 1.82. The predicted molar refractivity (Wildman–Crippen MR) is 127 cm³/mol. The quantitative estimate of drug-likeness (QED) is 0.308. The maximum absolute atomic E-state index is 13.5. The average Bonchev–Trinajstić information content (AvgIpc) is 3.14. The minimum absolute atomic E-state index is 0.198. The lowest BCUT2D eigenvalue weighted by Crippen LogP contribution is -2.13. The fourth-order valence-electron chi connectivity index (χ4n) is 3.68. The maximum Gasteiger partial charge on any atom is 0.269 e. The Balaban J connectivity index is 1.76. The van der Waals surface area contributed by atoms with Gasteiger partial charge in [0.1, 0.15) is 0 Å². The third kappa shape index (κ3) is 3.42. The zero-order chi connectivity index (χ0) is 21.4. The van der Waals surface area contributed by atoms with E-state index in [1.165, 1.54) is 10.2 Å². The topological polar surface area (TPSA) is 52.0 Å². The lowest BCUT2D eigenvalue weighted by molar-refractivity contribution is 0.590. The third-order valence-electron chi connectivity index (χ3n) is 5.13. The van der Waals surface area contributed by atoms with Crippen LogP contribution in [0.15, 0.2) is 96.0 Å². The fourth-order valence-corrected chi connectivity index (χ4v) is 5.42. The number of benzene rings is 3. The molecule has 0 saturated carbocycles. The van der Waals surface area contributed by atoms with Crippen molar-refractivity contribution < 1.29 is 8.42 Å². The van der Waals surface area contributed by atoms with E-state index in [0.717, 1.165) is 16.5 Å². The molecule has 0 bridgehead atoms. The van der Waals surface area contributed by atoms with Crippen LogP contribution in [0.1, 0.15) is 11.1 Å². The Hall–Kier alpha value is -3.41. The second-order valence-electron chi connectivity index (χ2n) is 7.09. The van der Waals surface area contributed by atoms with E-state index in [1.807, 2.05) is 54.6 Å². The Morgan fingerprint density at radius 1 is 0.806 bits per heavy atom. The van der Waals surface area contributed by atoms with Crippen molar-refractivity contribution in [1.29, 1.82) is 0 Å². The number of halogens is 1. The highest BCUT2D eigenvalue weighted by Gasteiger charge is 2.25. The molecule has 0 fully saturated rings. The molecule has 31 heavy (non-hydrogen) atoms. The van der Waals surface area contributed by atoms with Gasteiger partial charge in [0.05, 0.1) is 15.4 Å². The summed E-state index contributed by atoms with van der Waals surface area (Å²) in [6, 6.07) is 25.6. The molecule has 0 atom stereocenters. The van der Waals surface area contributed by atoms with Gasteiger partial charge < -0.3 is 0 Å². The summed E-state index contributed by atoms with van der Waals surface area (Å²) in [5.41, 5.74) is 2.87. The minimum Gasteiger partial charge on any atom is -0.237 e. The van der Waals surface area contributed by atoms with Crippen LogP contribution in [0.25, 0.3) is 34.1 Å². The van der Waals surface area contributed by atoms with Gasteiger partial charge in [0, 0.05) is 17.0 Å². The number of rotatable bonds is 4. The van der Waals surface area contributed by atoms with Crippen molar-refractivity contribution in [2.24, 2.45) is 0 Å². The summed E-state index contributed by atoms with van der Waals surface area (Å²) in [6.45, 7) is 0. The van der Waals surface area contributed by atoms with Gasteiger partial charge in [-0.25, -0.2) is 17.4 Å². The molecule has 4 nitrogen and oxygen atoms in total. The van der Waals surface area contributed by atoms with Crippen molar-refractivity contribution >= 4 is 55.7 Å². The van der Waals surface area contributed by atoms with Crippen molar-refractivity contribution in [2.75, 3.05) is 0 Å². The normalized spacial score (nSPS) is 12.2. The van der Waals surface area contributed by atoms with Gasteiger partial charge in [-0.1, -0.05) is 78.4 Å². The van der Waals surface area contributed by atoms with E-state index < -0.39 is 10.0 Å². The van der Waals surface area contributed by atoms with Gasteiger partial charge in [-0.2, -0.15) is 0 Å². The highest BCUT2D eigenvalue weighted by molar-refractivity contribution is 7.90. The Kier molecular flexibility index (Phi) is 4.85. The van der Waals surface area contributed by atoms with Gasteiger partial charge in [-0.3, -0.25) is 0 Å². The molecule has 152 valence electrons. The molecule has 6 heteroatoms. The zero-order valence-corrected chi connectivity index (χ0v) is 17.9. The van der Waals surface area contributed by atoms with Crippen molar-refractivity contribution in [3.05, 3.63) is 107 Å². The van der Waals surface area contributed by atoms with Crippen LogP contribution >= 0.6 is 11.6 Å². The van der Waals surface area contributed by atoms with Crippen molar-refractivity contribution in [1.82, 2.24) is 8.96 Å². The van der Waals surface area contributed by atoms with Crippen LogP contribution in [0, 0.1) is 0 Å². The number of pyridine rings is 1. The summed E-state index contributed by atoms with van der Waals surface area (Å²) in [5.74, 6) is 0. The first-order chi connectivity index (χ1) is 15.1. The molecule has 5 rings (SSSR count). The van der Waals surface area contributed by atoms with Gasteiger partial charge in [-0.15, -0.1) is 0 Å². The number of hydrogen-bond acceptors (Lipinski definition) is 3. The third-order valence-corrected chi connectivity index (χ3v) is 7.16. The van der Waals surface area contributed by atoms with E-state index in [4.69, 9.17) is 11.6 Å². The monoisotopic (exact) mass is 444 g/mol. The van der Waals surface area contributed by atoms with E-state index >= 15 is 0 Å². The molecular formula is C25H17ClN2O2S. The number of fused-ring (bicyclic) bond motifs is 3. The molecule has 0 saturated heterocycles. The molecule has 0 radical (unpaired) electrons. The summed E-state index contributed by atoms with van der Waals surface area (Å²) in [7, 11) is -3.86. The van der Waals surface area contributed by atoms with E-state index in [-0.39, 0.29) is 4.90 Å². The highest BCUT2D eigenvalue weighted by atomic mass is 35.5.